The second-order valence-electron chi connectivity index (χ2n) is 5.25. The number of hydrogen-bond donors (Lipinski definition) is 2. The molecule has 0 spiro atoms. The summed E-state index contributed by atoms with van der Waals surface area (Å²) in [5, 5.41) is 0. The lowest BCUT2D eigenvalue weighted by Crippen LogP contribution is -3.13. The van der Waals surface area contributed by atoms with Gasteiger partial charge in [0.15, 0.2) is 11.5 Å². The van der Waals surface area contributed by atoms with E-state index in [0.29, 0.717) is 12.5 Å². The standard InChI is InChI=1S/C15H22N2O3/c1-10-12-9-14(20-3)13(19-2)8-11(12)4-6-17(10)7-5-15(16)18/h8-10H,4-7H2,1-3H3,(H2,16,18)/p+1. The average molecular weight is 279 g/mol. The van der Waals surface area contributed by atoms with Crippen LogP contribution in [0, 0.1) is 0 Å². The summed E-state index contributed by atoms with van der Waals surface area (Å²) in [5.74, 6) is 1.30. The van der Waals surface area contributed by atoms with Gasteiger partial charge in [-0.15, -0.1) is 0 Å². The zero-order valence-electron chi connectivity index (χ0n) is 12.4. The van der Waals surface area contributed by atoms with E-state index in [4.69, 9.17) is 15.2 Å². The molecule has 0 aromatic heterocycles. The second kappa shape index (κ2) is 6.13. The maximum Gasteiger partial charge on any atom is 0.223 e. The molecule has 20 heavy (non-hydrogen) atoms. The molecule has 0 fully saturated rings. The zero-order chi connectivity index (χ0) is 14.7. The van der Waals surface area contributed by atoms with Crippen molar-refractivity contribution in [2.75, 3.05) is 27.3 Å². The predicted octanol–water partition coefficient (Wildman–Crippen LogP) is 0.0812. The van der Waals surface area contributed by atoms with Gasteiger partial charge < -0.3 is 20.1 Å². The highest BCUT2D eigenvalue weighted by Gasteiger charge is 2.29. The van der Waals surface area contributed by atoms with Gasteiger partial charge in [0.25, 0.3) is 0 Å². The van der Waals surface area contributed by atoms with Crippen LogP contribution in [0.2, 0.25) is 0 Å². The lowest BCUT2D eigenvalue weighted by molar-refractivity contribution is -0.931. The van der Waals surface area contributed by atoms with Gasteiger partial charge in [-0.25, -0.2) is 0 Å². The van der Waals surface area contributed by atoms with E-state index >= 15 is 0 Å². The van der Waals surface area contributed by atoms with E-state index in [1.807, 2.05) is 0 Å². The van der Waals surface area contributed by atoms with Gasteiger partial charge in [0, 0.05) is 12.0 Å². The van der Waals surface area contributed by atoms with Crippen molar-refractivity contribution in [3.63, 3.8) is 0 Å². The molecule has 1 amide bonds. The summed E-state index contributed by atoms with van der Waals surface area (Å²) in [7, 11) is 3.30. The molecule has 2 atom stereocenters. The minimum absolute atomic E-state index is 0.234. The molecular formula is C15H23N2O3+. The highest BCUT2D eigenvalue weighted by molar-refractivity contribution is 5.73. The number of carbonyl (C=O) groups excluding carboxylic acids is 1. The Morgan fingerprint density at radius 2 is 2.00 bits per heavy atom. The quantitative estimate of drug-likeness (QED) is 0.802. The summed E-state index contributed by atoms with van der Waals surface area (Å²) in [6.45, 7) is 3.97. The van der Waals surface area contributed by atoms with E-state index in [1.165, 1.54) is 16.0 Å². The molecule has 3 N–H and O–H groups in total. The van der Waals surface area contributed by atoms with Crippen molar-refractivity contribution in [2.24, 2.45) is 5.73 Å². The fraction of sp³-hybridized carbons (Fsp3) is 0.533. The van der Waals surface area contributed by atoms with Crippen LogP contribution >= 0.6 is 0 Å². The normalized spacial score (nSPS) is 21.1. The Hall–Kier alpha value is -1.75. The van der Waals surface area contributed by atoms with Crippen molar-refractivity contribution >= 4 is 5.91 Å². The summed E-state index contributed by atoms with van der Waals surface area (Å²) < 4.78 is 10.7. The van der Waals surface area contributed by atoms with Crippen molar-refractivity contribution in [3.8, 4) is 11.5 Å². The smallest absolute Gasteiger partial charge is 0.223 e. The van der Waals surface area contributed by atoms with Crippen molar-refractivity contribution in [2.45, 2.75) is 25.8 Å². The monoisotopic (exact) mass is 279 g/mol. The first-order valence-corrected chi connectivity index (χ1v) is 6.94. The molecule has 0 bridgehead atoms. The van der Waals surface area contributed by atoms with Crippen molar-refractivity contribution < 1.29 is 19.2 Å². The number of hydrogen-bond acceptors (Lipinski definition) is 3. The van der Waals surface area contributed by atoms with Gasteiger partial charge >= 0.3 is 0 Å². The maximum absolute atomic E-state index is 11.0. The Kier molecular flexibility index (Phi) is 4.49. The minimum atomic E-state index is -0.234. The Balaban J connectivity index is 2.24. The van der Waals surface area contributed by atoms with Crippen molar-refractivity contribution in [1.82, 2.24) is 0 Å². The fourth-order valence-corrected chi connectivity index (χ4v) is 2.91. The fourth-order valence-electron chi connectivity index (χ4n) is 2.91. The molecule has 0 aliphatic carbocycles. The Labute approximate surface area is 119 Å². The maximum atomic E-state index is 11.0. The predicted molar refractivity (Wildman–Crippen MR) is 76.2 cm³/mol. The third-order valence-corrected chi connectivity index (χ3v) is 4.13. The molecule has 110 valence electrons. The molecule has 5 heteroatoms. The number of benzene rings is 1. The molecule has 1 aliphatic heterocycles. The van der Waals surface area contributed by atoms with Crippen LogP contribution in [0.4, 0.5) is 0 Å². The van der Waals surface area contributed by atoms with E-state index in [0.717, 1.165) is 31.0 Å². The highest BCUT2D eigenvalue weighted by Crippen LogP contribution is 2.33. The third kappa shape index (κ3) is 2.88. The second-order valence-corrected chi connectivity index (χ2v) is 5.25. The number of ether oxygens (including phenoxy) is 2. The molecule has 1 aliphatic rings. The summed E-state index contributed by atoms with van der Waals surface area (Å²) in [5.41, 5.74) is 7.82. The van der Waals surface area contributed by atoms with Gasteiger partial charge in [-0.2, -0.15) is 0 Å². The number of amides is 1. The topological polar surface area (TPSA) is 66.0 Å². The number of carbonyl (C=O) groups is 1. The molecular weight excluding hydrogens is 256 g/mol. The molecule has 0 radical (unpaired) electrons. The first-order valence-electron chi connectivity index (χ1n) is 6.94. The zero-order valence-corrected chi connectivity index (χ0v) is 12.4. The van der Waals surface area contributed by atoms with E-state index in [1.54, 1.807) is 14.2 Å². The summed E-state index contributed by atoms with van der Waals surface area (Å²) in [6, 6.07) is 4.45. The first kappa shape index (κ1) is 14.7. The Morgan fingerprint density at radius 3 is 2.60 bits per heavy atom. The van der Waals surface area contributed by atoms with Crippen LogP contribution in [0.15, 0.2) is 12.1 Å². The summed E-state index contributed by atoms with van der Waals surface area (Å²) in [4.78, 5) is 12.3. The molecule has 1 heterocycles. The van der Waals surface area contributed by atoms with Gasteiger partial charge in [-0.1, -0.05) is 0 Å². The Bertz CT molecular complexity index is 502. The van der Waals surface area contributed by atoms with Crippen LogP contribution in [0.25, 0.3) is 0 Å². The number of rotatable bonds is 5. The largest absolute Gasteiger partial charge is 0.493 e. The van der Waals surface area contributed by atoms with Gasteiger partial charge in [0.1, 0.15) is 6.04 Å². The van der Waals surface area contributed by atoms with Gasteiger partial charge in [-0.3, -0.25) is 4.79 Å². The van der Waals surface area contributed by atoms with E-state index in [-0.39, 0.29) is 5.91 Å². The number of fused-ring (bicyclic) bond motifs is 1. The van der Waals surface area contributed by atoms with Crippen LogP contribution in [0.5, 0.6) is 11.5 Å². The van der Waals surface area contributed by atoms with Crippen LogP contribution in [-0.4, -0.2) is 33.2 Å². The van der Waals surface area contributed by atoms with Gasteiger partial charge in [0.2, 0.25) is 5.91 Å². The van der Waals surface area contributed by atoms with E-state index in [2.05, 4.69) is 19.1 Å². The van der Waals surface area contributed by atoms with Crippen LogP contribution in [0.3, 0.4) is 0 Å². The molecule has 5 nitrogen and oxygen atoms in total. The Morgan fingerprint density at radius 1 is 1.35 bits per heavy atom. The molecule has 0 saturated carbocycles. The lowest BCUT2D eigenvalue weighted by Gasteiger charge is -2.32. The molecule has 1 aromatic carbocycles. The van der Waals surface area contributed by atoms with Crippen molar-refractivity contribution in [3.05, 3.63) is 23.3 Å². The van der Waals surface area contributed by atoms with E-state index < -0.39 is 0 Å². The number of nitrogens with two attached hydrogens (primary N) is 1. The first-order chi connectivity index (χ1) is 9.56. The number of methoxy groups -OCH3 is 2. The third-order valence-electron chi connectivity index (χ3n) is 4.13. The molecule has 2 rings (SSSR count). The van der Waals surface area contributed by atoms with Crippen LogP contribution in [-0.2, 0) is 11.2 Å². The lowest BCUT2D eigenvalue weighted by atomic mass is 9.92. The average Bonchev–Trinajstić information content (AvgIpc) is 2.45. The van der Waals surface area contributed by atoms with Crippen LogP contribution < -0.4 is 20.1 Å². The minimum Gasteiger partial charge on any atom is -0.493 e. The number of nitrogens with one attached hydrogen (secondary N) is 1. The molecule has 0 saturated heterocycles. The van der Waals surface area contributed by atoms with Crippen LogP contribution in [0.1, 0.15) is 30.5 Å². The molecule has 2 unspecified atom stereocenters. The number of primary amides is 1. The SMILES string of the molecule is COc1cc2c(cc1OC)C(C)[NH+](CCC(N)=O)CC2. The summed E-state index contributed by atoms with van der Waals surface area (Å²) >= 11 is 0. The highest BCUT2D eigenvalue weighted by atomic mass is 16.5. The van der Waals surface area contributed by atoms with Gasteiger partial charge in [-0.05, 0) is 24.6 Å². The van der Waals surface area contributed by atoms with E-state index in [9.17, 15) is 4.79 Å². The summed E-state index contributed by atoms with van der Waals surface area (Å²) in [6.07, 6.45) is 1.41. The van der Waals surface area contributed by atoms with Gasteiger partial charge in [0.05, 0.1) is 33.7 Å². The molecule has 1 aromatic rings. The van der Waals surface area contributed by atoms with Crippen molar-refractivity contribution in [1.29, 1.82) is 0 Å². The number of quaternary nitrogens is 1.